The lowest BCUT2D eigenvalue weighted by atomic mass is 9.85. The molecule has 1 aliphatic rings. The molecule has 1 aliphatic heterocycles. The van der Waals surface area contributed by atoms with Crippen molar-refractivity contribution in [3.63, 3.8) is 0 Å². The zero-order valence-electron chi connectivity index (χ0n) is 13.4. The highest BCUT2D eigenvalue weighted by atomic mass is 16.5. The van der Waals surface area contributed by atoms with Gasteiger partial charge in [0.25, 0.3) is 0 Å². The van der Waals surface area contributed by atoms with Gasteiger partial charge in [-0.15, -0.1) is 0 Å². The lowest BCUT2D eigenvalue weighted by Crippen LogP contribution is -2.21. The van der Waals surface area contributed by atoms with Gasteiger partial charge in [0.2, 0.25) is 0 Å². The number of benzene rings is 2. The molecule has 0 fully saturated rings. The molecular formula is C18H18O6. The Bertz CT molecular complexity index is 783. The van der Waals surface area contributed by atoms with Gasteiger partial charge in [-0.1, -0.05) is 6.07 Å². The topological polar surface area (TPSA) is 85.2 Å². The Hall–Kier alpha value is -2.89. The summed E-state index contributed by atoms with van der Waals surface area (Å²) in [5.74, 6) is 0.348. The van der Waals surface area contributed by atoms with Crippen molar-refractivity contribution in [2.45, 2.75) is 19.3 Å². The molecule has 2 N–H and O–H groups in total. The monoisotopic (exact) mass is 330 g/mol. The smallest absolute Gasteiger partial charge is 0.312 e. The van der Waals surface area contributed by atoms with Gasteiger partial charge in [0.05, 0.1) is 20.1 Å². The number of carbonyl (C=O) groups excluding carboxylic acids is 1. The average Bonchev–Trinajstić information content (AvgIpc) is 2.55. The van der Waals surface area contributed by atoms with Crippen LogP contribution < -0.4 is 14.2 Å². The van der Waals surface area contributed by atoms with Crippen LogP contribution in [0.1, 0.15) is 30.4 Å². The van der Waals surface area contributed by atoms with E-state index in [1.54, 1.807) is 12.1 Å². The molecule has 0 spiro atoms. The Morgan fingerprint density at radius 2 is 2.00 bits per heavy atom. The first-order valence-corrected chi connectivity index (χ1v) is 7.60. The van der Waals surface area contributed by atoms with Crippen molar-refractivity contribution in [1.29, 1.82) is 0 Å². The van der Waals surface area contributed by atoms with Crippen LogP contribution in [0, 0.1) is 0 Å². The van der Waals surface area contributed by atoms with Crippen LogP contribution >= 0.6 is 0 Å². The maximum Gasteiger partial charge on any atom is 0.312 e. The van der Waals surface area contributed by atoms with E-state index >= 15 is 0 Å². The zero-order valence-corrected chi connectivity index (χ0v) is 13.4. The number of esters is 1. The predicted molar refractivity (Wildman–Crippen MR) is 86.0 cm³/mol. The summed E-state index contributed by atoms with van der Waals surface area (Å²) in [4.78, 5) is 12.0. The van der Waals surface area contributed by atoms with Crippen LogP contribution in [-0.2, 0) is 4.79 Å². The van der Waals surface area contributed by atoms with E-state index in [2.05, 4.69) is 0 Å². The standard InChI is InChI=1S/C18H18O6/c1-3-23-14-6-10(4-5-13(14)20)12-9-17(21)24-16-8-11(19)7-15(22-2)18(12)16/h4-8,12,19-20H,3,9H2,1-2H3/t12-/m0/s1. The van der Waals surface area contributed by atoms with Gasteiger partial charge in [0.15, 0.2) is 11.5 Å². The van der Waals surface area contributed by atoms with E-state index in [4.69, 9.17) is 14.2 Å². The summed E-state index contributed by atoms with van der Waals surface area (Å²) in [7, 11) is 1.49. The number of phenolic OH excluding ortho intramolecular Hbond substituents is 2. The highest BCUT2D eigenvalue weighted by molar-refractivity contribution is 5.79. The van der Waals surface area contributed by atoms with Gasteiger partial charge < -0.3 is 24.4 Å². The third-order valence-electron chi connectivity index (χ3n) is 3.94. The fourth-order valence-corrected chi connectivity index (χ4v) is 2.92. The lowest BCUT2D eigenvalue weighted by Gasteiger charge is -2.27. The summed E-state index contributed by atoms with van der Waals surface area (Å²) in [5.41, 5.74) is 1.47. The van der Waals surface area contributed by atoms with E-state index in [1.807, 2.05) is 6.92 Å². The molecule has 0 radical (unpaired) electrons. The summed E-state index contributed by atoms with van der Waals surface area (Å²) < 4.78 is 16.0. The molecule has 0 aromatic heterocycles. The Morgan fingerprint density at radius 1 is 1.21 bits per heavy atom. The van der Waals surface area contributed by atoms with Gasteiger partial charge in [-0.2, -0.15) is 0 Å². The highest BCUT2D eigenvalue weighted by Gasteiger charge is 2.32. The molecule has 126 valence electrons. The molecule has 0 amide bonds. The molecule has 0 saturated carbocycles. The number of hydrogen-bond donors (Lipinski definition) is 2. The van der Waals surface area contributed by atoms with Crippen LogP contribution in [0.5, 0.6) is 28.7 Å². The summed E-state index contributed by atoms with van der Waals surface area (Å²) in [6, 6.07) is 7.85. The van der Waals surface area contributed by atoms with Gasteiger partial charge in [-0.05, 0) is 24.6 Å². The number of methoxy groups -OCH3 is 1. The minimum absolute atomic E-state index is 0.0388. The van der Waals surface area contributed by atoms with E-state index in [1.165, 1.54) is 25.3 Å². The van der Waals surface area contributed by atoms with Gasteiger partial charge >= 0.3 is 5.97 Å². The Kier molecular flexibility index (Phi) is 4.20. The van der Waals surface area contributed by atoms with E-state index in [0.717, 1.165) is 5.56 Å². The minimum atomic E-state index is -0.397. The zero-order chi connectivity index (χ0) is 17.3. The summed E-state index contributed by atoms with van der Waals surface area (Å²) in [5, 5.41) is 19.6. The molecule has 6 nitrogen and oxygen atoms in total. The van der Waals surface area contributed by atoms with Gasteiger partial charge in [0, 0.05) is 23.6 Å². The van der Waals surface area contributed by atoms with Crippen LogP contribution in [0.25, 0.3) is 0 Å². The van der Waals surface area contributed by atoms with Crippen molar-refractivity contribution in [3.05, 3.63) is 41.5 Å². The third-order valence-corrected chi connectivity index (χ3v) is 3.94. The number of aromatic hydroxyl groups is 2. The first-order chi connectivity index (χ1) is 11.5. The maximum absolute atomic E-state index is 12.0. The molecule has 1 atom stereocenters. The number of fused-ring (bicyclic) bond motifs is 1. The largest absolute Gasteiger partial charge is 0.508 e. The van der Waals surface area contributed by atoms with Crippen molar-refractivity contribution in [1.82, 2.24) is 0 Å². The molecular weight excluding hydrogens is 312 g/mol. The number of rotatable bonds is 4. The van der Waals surface area contributed by atoms with E-state index < -0.39 is 5.97 Å². The average molecular weight is 330 g/mol. The Balaban J connectivity index is 2.13. The molecule has 2 aromatic rings. The number of phenols is 2. The normalized spacial score (nSPS) is 16.2. The molecule has 0 bridgehead atoms. The fraction of sp³-hybridized carbons (Fsp3) is 0.278. The molecule has 3 rings (SSSR count). The van der Waals surface area contributed by atoms with E-state index in [-0.39, 0.29) is 29.6 Å². The molecule has 0 aliphatic carbocycles. The van der Waals surface area contributed by atoms with Crippen molar-refractivity contribution >= 4 is 5.97 Å². The maximum atomic E-state index is 12.0. The second-order valence-electron chi connectivity index (χ2n) is 5.45. The molecule has 24 heavy (non-hydrogen) atoms. The van der Waals surface area contributed by atoms with Gasteiger partial charge in [-0.3, -0.25) is 4.79 Å². The number of carbonyl (C=O) groups is 1. The second kappa shape index (κ2) is 6.31. The van der Waals surface area contributed by atoms with Crippen LogP contribution in [0.4, 0.5) is 0 Å². The SMILES string of the molecule is CCOc1cc([C@@H]2CC(=O)Oc3cc(O)cc(OC)c32)ccc1O. The van der Waals surface area contributed by atoms with Crippen LogP contribution in [0.2, 0.25) is 0 Å². The number of hydrogen-bond acceptors (Lipinski definition) is 6. The first kappa shape index (κ1) is 16.0. The van der Waals surface area contributed by atoms with E-state index in [9.17, 15) is 15.0 Å². The first-order valence-electron chi connectivity index (χ1n) is 7.60. The minimum Gasteiger partial charge on any atom is -0.508 e. The van der Waals surface area contributed by atoms with Crippen molar-refractivity contribution in [2.24, 2.45) is 0 Å². The molecule has 0 unspecified atom stereocenters. The summed E-state index contributed by atoms with van der Waals surface area (Å²) in [6.45, 7) is 2.24. The van der Waals surface area contributed by atoms with Gasteiger partial charge in [-0.25, -0.2) is 0 Å². The molecule has 2 aromatic carbocycles. The summed E-state index contributed by atoms with van der Waals surface area (Å²) in [6.07, 6.45) is 0.129. The Morgan fingerprint density at radius 3 is 2.71 bits per heavy atom. The van der Waals surface area contributed by atoms with Gasteiger partial charge in [0.1, 0.15) is 17.2 Å². The third kappa shape index (κ3) is 2.82. The second-order valence-corrected chi connectivity index (χ2v) is 5.45. The Labute approximate surface area is 139 Å². The van der Waals surface area contributed by atoms with Crippen LogP contribution in [0.3, 0.4) is 0 Å². The highest BCUT2D eigenvalue weighted by Crippen LogP contribution is 2.47. The van der Waals surface area contributed by atoms with Crippen LogP contribution in [-0.4, -0.2) is 29.9 Å². The van der Waals surface area contributed by atoms with Crippen LogP contribution in [0.15, 0.2) is 30.3 Å². The molecule has 1 heterocycles. The molecule has 6 heteroatoms. The number of ether oxygens (including phenoxy) is 3. The quantitative estimate of drug-likeness (QED) is 0.662. The van der Waals surface area contributed by atoms with Crippen molar-refractivity contribution < 1.29 is 29.2 Å². The predicted octanol–water partition coefficient (Wildman–Crippen LogP) is 2.95. The van der Waals surface area contributed by atoms with Crippen molar-refractivity contribution in [3.8, 4) is 28.7 Å². The van der Waals surface area contributed by atoms with Crippen molar-refractivity contribution in [2.75, 3.05) is 13.7 Å². The van der Waals surface area contributed by atoms with E-state index in [0.29, 0.717) is 23.7 Å². The fourth-order valence-electron chi connectivity index (χ4n) is 2.92. The molecule has 0 saturated heterocycles. The summed E-state index contributed by atoms with van der Waals surface area (Å²) >= 11 is 0. The lowest BCUT2D eigenvalue weighted by molar-refractivity contribution is -0.135.